The maximum Gasteiger partial charge on any atom is 0.171 e. The number of fused-ring (bicyclic) bond motifs is 1. The zero-order chi connectivity index (χ0) is 14.9. The second-order valence-corrected chi connectivity index (χ2v) is 7.00. The van der Waals surface area contributed by atoms with Gasteiger partial charge in [0.15, 0.2) is 16.5 Å². The molecule has 2 aromatic rings. The topological polar surface area (TPSA) is 56.3 Å². The largest absolute Gasteiger partial charge is 0.486 e. The number of benzene rings is 1. The van der Waals surface area contributed by atoms with Crippen molar-refractivity contribution >= 4 is 11.3 Å². The van der Waals surface area contributed by atoms with E-state index < -0.39 is 0 Å². The minimum absolute atomic E-state index is 0.0642. The van der Waals surface area contributed by atoms with Gasteiger partial charge in [-0.05, 0) is 32.9 Å². The summed E-state index contributed by atoms with van der Waals surface area (Å²) in [6, 6.07) is 5.87. The fourth-order valence-corrected chi connectivity index (χ4v) is 2.82. The third-order valence-electron chi connectivity index (χ3n) is 3.03. The van der Waals surface area contributed by atoms with Crippen LogP contribution >= 0.6 is 11.3 Å². The smallest absolute Gasteiger partial charge is 0.171 e. The molecular formula is C15H19N3O2S. The lowest BCUT2D eigenvalue weighted by Crippen LogP contribution is -2.35. The molecule has 0 spiro atoms. The summed E-state index contributed by atoms with van der Waals surface area (Å²) in [5, 5.41) is 13.8. The van der Waals surface area contributed by atoms with E-state index in [1.54, 1.807) is 11.3 Å². The van der Waals surface area contributed by atoms with Crippen LogP contribution in [0.25, 0.3) is 10.6 Å². The number of ether oxygens (including phenoxy) is 2. The van der Waals surface area contributed by atoms with Crippen molar-refractivity contribution < 1.29 is 9.47 Å². The third-order valence-corrected chi connectivity index (χ3v) is 3.99. The van der Waals surface area contributed by atoms with Gasteiger partial charge in [-0.25, -0.2) is 0 Å². The molecule has 0 saturated heterocycles. The Balaban J connectivity index is 1.83. The molecule has 0 saturated carbocycles. The van der Waals surface area contributed by atoms with Crippen LogP contribution in [0.15, 0.2) is 18.2 Å². The van der Waals surface area contributed by atoms with Gasteiger partial charge in [-0.3, -0.25) is 0 Å². The summed E-state index contributed by atoms with van der Waals surface area (Å²) < 4.78 is 11.3. The summed E-state index contributed by atoms with van der Waals surface area (Å²) >= 11 is 1.58. The lowest BCUT2D eigenvalue weighted by atomic mass is 10.1. The quantitative estimate of drug-likeness (QED) is 0.945. The van der Waals surface area contributed by atoms with Crippen molar-refractivity contribution in [2.24, 2.45) is 0 Å². The number of rotatable bonds is 3. The van der Waals surface area contributed by atoms with Crippen molar-refractivity contribution in [3.63, 3.8) is 0 Å². The minimum atomic E-state index is 0.0642. The standard InChI is InChI=1S/C15H19N3O2S/c1-15(2,3)16-9-12-17-18-14(21-12)10-5-4-6-11-13(10)20-8-7-19-11/h4-6,16H,7-9H2,1-3H3. The van der Waals surface area contributed by atoms with Gasteiger partial charge in [-0.15, -0.1) is 10.2 Å². The molecule has 0 atom stereocenters. The van der Waals surface area contributed by atoms with Crippen molar-refractivity contribution in [3.05, 3.63) is 23.2 Å². The van der Waals surface area contributed by atoms with Crippen molar-refractivity contribution in [3.8, 4) is 22.1 Å². The van der Waals surface area contributed by atoms with Crippen LogP contribution in [0.1, 0.15) is 25.8 Å². The number of para-hydroxylation sites is 1. The fourth-order valence-electron chi connectivity index (χ4n) is 2.02. The minimum Gasteiger partial charge on any atom is -0.486 e. The summed E-state index contributed by atoms with van der Waals surface area (Å²) in [5.74, 6) is 1.55. The van der Waals surface area contributed by atoms with Gasteiger partial charge in [0.25, 0.3) is 0 Å². The molecule has 112 valence electrons. The second kappa shape index (κ2) is 5.61. The molecule has 1 N–H and O–H groups in total. The van der Waals surface area contributed by atoms with Crippen LogP contribution in [0.4, 0.5) is 0 Å². The van der Waals surface area contributed by atoms with Crippen molar-refractivity contribution in [2.75, 3.05) is 13.2 Å². The highest BCUT2D eigenvalue weighted by Gasteiger charge is 2.19. The summed E-state index contributed by atoms with van der Waals surface area (Å²) in [6.07, 6.45) is 0. The average Bonchev–Trinajstić information content (AvgIpc) is 2.92. The summed E-state index contributed by atoms with van der Waals surface area (Å²) in [5.41, 5.74) is 1.01. The molecule has 0 amide bonds. The zero-order valence-corrected chi connectivity index (χ0v) is 13.3. The molecule has 1 aliphatic rings. The first-order chi connectivity index (χ1) is 10.0. The molecule has 0 aliphatic carbocycles. The Hall–Kier alpha value is -1.66. The molecule has 1 aromatic heterocycles. The monoisotopic (exact) mass is 305 g/mol. The van der Waals surface area contributed by atoms with Crippen LogP contribution in [0, 0.1) is 0 Å². The first-order valence-electron chi connectivity index (χ1n) is 6.99. The van der Waals surface area contributed by atoms with Crippen LogP contribution < -0.4 is 14.8 Å². The highest BCUT2D eigenvalue weighted by molar-refractivity contribution is 7.14. The predicted molar refractivity (Wildman–Crippen MR) is 82.9 cm³/mol. The molecule has 0 radical (unpaired) electrons. The number of hydrogen-bond acceptors (Lipinski definition) is 6. The van der Waals surface area contributed by atoms with E-state index in [0.717, 1.165) is 27.1 Å². The van der Waals surface area contributed by atoms with Gasteiger partial charge >= 0.3 is 0 Å². The van der Waals surface area contributed by atoms with Crippen LogP contribution in [0.3, 0.4) is 0 Å². The molecule has 0 bridgehead atoms. The van der Waals surface area contributed by atoms with Crippen LogP contribution in [-0.4, -0.2) is 29.0 Å². The molecule has 1 aliphatic heterocycles. The zero-order valence-electron chi connectivity index (χ0n) is 12.5. The Morgan fingerprint density at radius 2 is 2.00 bits per heavy atom. The normalized spacial score (nSPS) is 14.2. The van der Waals surface area contributed by atoms with Crippen molar-refractivity contribution in [1.82, 2.24) is 15.5 Å². The van der Waals surface area contributed by atoms with Gasteiger partial charge in [-0.1, -0.05) is 17.4 Å². The van der Waals surface area contributed by atoms with Gasteiger partial charge in [0.2, 0.25) is 0 Å². The van der Waals surface area contributed by atoms with E-state index in [-0.39, 0.29) is 5.54 Å². The lowest BCUT2D eigenvalue weighted by molar-refractivity contribution is 0.172. The van der Waals surface area contributed by atoms with E-state index >= 15 is 0 Å². The maximum absolute atomic E-state index is 5.73. The van der Waals surface area contributed by atoms with Gasteiger partial charge in [0, 0.05) is 5.54 Å². The van der Waals surface area contributed by atoms with Gasteiger partial charge in [-0.2, -0.15) is 0 Å². The van der Waals surface area contributed by atoms with Gasteiger partial charge in [0.05, 0.1) is 12.1 Å². The van der Waals surface area contributed by atoms with Crippen molar-refractivity contribution in [1.29, 1.82) is 0 Å². The number of nitrogens with zero attached hydrogens (tertiary/aromatic N) is 2. The van der Waals surface area contributed by atoms with Gasteiger partial charge < -0.3 is 14.8 Å². The van der Waals surface area contributed by atoms with Crippen LogP contribution in [0.2, 0.25) is 0 Å². The van der Waals surface area contributed by atoms with Gasteiger partial charge in [0.1, 0.15) is 18.2 Å². The fraction of sp³-hybridized carbons (Fsp3) is 0.467. The van der Waals surface area contributed by atoms with E-state index in [1.165, 1.54) is 0 Å². The molecule has 21 heavy (non-hydrogen) atoms. The first-order valence-corrected chi connectivity index (χ1v) is 7.81. The average molecular weight is 305 g/mol. The van der Waals surface area contributed by atoms with Crippen LogP contribution in [0.5, 0.6) is 11.5 Å². The highest BCUT2D eigenvalue weighted by atomic mass is 32.1. The molecule has 6 heteroatoms. The van der Waals surface area contributed by atoms with E-state index in [1.807, 2.05) is 18.2 Å². The van der Waals surface area contributed by atoms with Crippen LogP contribution in [-0.2, 0) is 6.54 Å². The summed E-state index contributed by atoms with van der Waals surface area (Å²) in [4.78, 5) is 0. The van der Waals surface area contributed by atoms with E-state index in [0.29, 0.717) is 19.8 Å². The lowest BCUT2D eigenvalue weighted by Gasteiger charge is -2.20. The number of nitrogens with one attached hydrogen (secondary N) is 1. The number of hydrogen-bond donors (Lipinski definition) is 1. The molecular weight excluding hydrogens is 286 g/mol. The molecule has 3 rings (SSSR count). The maximum atomic E-state index is 5.73. The molecule has 1 aromatic carbocycles. The Kier molecular flexibility index (Phi) is 3.82. The molecule has 5 nitrogen and oxygen atoms in total. The summed E-state index contributed by atoms with van der Waals surface area (Å²) in [6.45, 7) is 8.28. The SMILES string of the molecule is CC(C)(C)NCc1nnc(-c2cccc3c2OCCO3)s1. The molecule has 0 unspecified atom stereocenters. The highest BCUT2D eigenvalue weighted by Crippen LogP contribution is 2.40. The van der Waals surface area contributed by atoms with E-state index in [4.69, 9.17) is 9.47 Å². The Morgan fingerprint density at radius 1 is 1.19 bits per heavy atom. The van der Waals surface area contributed by atoms with E-state index in [2.05, 4.69) is 36.3 Å². The van der Waals surface area contributed by atoms with Crippen molar-refractivity contribution in [2.45, 2.75) is 32.9 Å². The summed E-state index contributed by atoms with van der Waals surface area (Å²) in [7, 11) is 0. The molecule has 2 heterocycles. The Morgan fingerprint density at radius 3 is 2.81 bits per heavy atom. The number of aromatic nitrogens is 2. The Labute approximate surface area is 128 Å². The second-order valence-electron chi connectivity index (χ2n) is 5.93. The third kappa shape index (κ3) is 3.33. The molecule has 0 fully saturated rings. The predicted octanol–water partition coefficient (Wildman–Crippen LogP) is 2.86. The first kappa shape index (κ1) is 14.3. The van der Waals surface area contributed by atoms with E-state index in [9.17, 15) is 0 Å². The Bertz CT molecular complexity index is 634.